The lowest BCUT2D eigenvalue weighted by atomic mass is 10.1. The number of epoxide rings is 1. The zero-order valence-electron chi connectivity index (χ0n) is 14.3. The number of ether oxygens (including phenoxy) is 1. The molecule has 0 N–H and O–H groups in total. The van der Waals surface area contributed by atoms with Gasteiger partial charge in [0.25, 0.3) is 0 Å². The van der Waals surface area contributed by atoms with Crippen LogP contribution in [0, 0.1) is 0 Å². The van der Waals surface area contributed by atoms with E-state index < -0.39 is 8.80 Å². The molecule has 2 heterocycles. The van der Waals surface area contributed by atoms with E-state index in [1.165, 1.54) is 0 Å². The topological polar surface area (TPSA) is 55.8 Å². The smallest absolute Gasteiger partial charge is 0.374 e. The van der Waals surface area contributed by atoms with Crippen LogP contribution in [0.3, 0.4) is 0 Å². The maximum atomic E-state index is 6.15. The van der Waals surface area contributed by atoms with Crippen LogP contribution in [-0.2, 0) is 18.0 Å². The van der Waals surface area contributed by atoms with Crippen molar-refractivity contribution in [2.75, 3.05) is 39.5 Å². The largest absolute Gasteiger partial charge is 0.506 e. The van der Waals surface area contributed by atoms with Crippen LogP contribution in [0.2, 0.25) is 5.54 Å². The van der Waals surface area contributed by atoms with E-state index in [1.54, 1.807) is 0 Å². The van der Waals surface area contributed by atoms with E-state index in [0.717, 1.165) is 26.1 Å². The molecule has 0 bridgehead atoms. The van der Waals surface area contributed by atoms with Crippen molar-refractivity contribution in [3.05, 3.63) is 0 Å². The molecule has 0 amide bonds. The maximum absolute atomic E-state index is 6.15. The van der Waals surface area contributed by atoms with Crippen molar-refractivity contribution >= 4 is 15.1 Å². The van der Waals surface area contributed by atoms with Crippen LogP contribution in [-0.4, -0.2) is 71.7 Å². The second-order valence-corrected chi connectivity index (χ2v) is 8.35. The lowest BCUT2D eigenvalue weighted by Crippen LogP contribution is -2.58. The van der Waals surface area contributed by atoms with Gasteiger partial charge in [-0.25, -0.2) is 0 Å². The summed E-state index contributed by atoms with van der Waals surface area (Å²) in [6.45, 7) is 12.6. The molecule has 0 aromatic heterocycles. The highest BCUT2D eigenvalue weighted by Crippen LogP contribution is 2.40. The number of nitrogens with zero attached hydrogens (tertiary/aromatic N) is 2. The Morgan fingerprint density at radius 1 is 1.18 bits per heavy atom. The van der Waals surface area contributed by atoms with Crippen molar-refractivity contribution in [2.45, 2.75) is 51.8 Å². The van der Waals surface area contributed by atoms with Crippen molar-refractivity contribution in [1.82, 2.24) is 4.90 Å². The molecule has 7 heteroatoms. The van der Waals surface area contributed by atoms with E-state index in [4.69, 9.17) is 18.0 Å². The first-order valence-corrected chi connectivity index (χ1v) is 10.3. The monoisotopic (exact) mass is 330 g/mol. The highest BCUT2D eigenvalue weighted by Gasteiger charge is 2.57. The lowest BCUT2D eigenvalue weighted by molar-refractivity contribution is 0.0479. The van der Waals surface area contributed by atoms with Gasteiger partial charge in [-0.3, -0.25) is 4.99 Å². The fraction of sp³-hybridized carbons (Fsp3) is 0.933. The molecule has 1 fully saturated rings. The summed E-state index contributed by atoms with van der Waals surface area (Å²) < 4.78 is 24.1. The molecule has 0 radical (unpaired) electrons. The van der Waals surface area contributed by atoms with E-state index in [0.29, 0.717) is 19.8 Å². The first kappa shape index (κ1) is 17.9. The van der Waals surface area contributed by atoms with Gasteiger partial charge in [-0.2, -0.15) is 0 Å². The van der Waals surface area contributed by atoms with Crippen LogP contribution >= 0.6 is 0 Å². The fourth-order valence-electron chi connectivity index (χ4n) is 3.33. The van der Waals surface area contributed by atoms with Crippen LogP contribution in [0.4, 0.5) is 0 Å². The average Bonchev–Trinajstić information content (AvgIpc) is 3.19. The van der Waals surface area contributed by atoms with Crippen molar-refractivity contribution in [3.63, 3.8) is 0 Å². The van der Waals surface area contributed by atoms with Gasteiger partial charge in [0.2, 0.25) is 0 Å². The molecule has 3 unspecified atom stereocenters. The number of hydrogen-bond donors (Lipinski definition) is 0. The Balaban J connectivity index is 2.27. The van der Waals surface area contributed by atoms with Crippen molar-refractivity contribution < 1.29 is 18.0 Å². The number of hydrogen-bond acceptors (Lipinski definition) is 6. The van der Waals surface area contributed by atoms with Crippen LogP contribution in [0.1, 0.15) is 34.1 Å². The quantitative estimate of drug-likeness (QED) is 0.428. The minimum absolute atomic E-state index is 0.199. The van der Waals surface area contributed by atoms with Crippen LogP contribution in [0.15, 0.2) is 4.99 Å². The Hall–Kier alpha value is -0.473. The molecule has 6 nitrogen and oxygen atoms in total. The normalized spacial score (nSPS) is 23.8. The predicted molar refractivity (Wildman–Crippen MR) is 88.3 cm³/mol. The lowest BCUT2D eigenvalue weighted by Gasteiger charge is -2.41. The summed E-state index contributed by atoms with van der Waals surface area (Å²) in [5.74, 6) is 0. The van der Waals surface area contributed by atoms with Gasteiger partial charge in [-0.1, -0.05) is 6.92 Å². The van der Waals surface area contributed by atoms with Crippen molar-refractivity contribution in [1.29, 1.82) is 0 Å². The summed E-state index contributed by atoms with van der Waals surface area (Å²) in [7, 11) is -2.76. The zero-order valence-corrected chi connectivity index (χ0v) is 15.3. The number of aliphatic imine (C=N–C) groups is 1. The summed E-state index contributed by atoms with van der Waals surface area (Å²) in [6.07, 6.45) is 3.14. The summed E-state index contributed by atoms with van der Waals surface area (Å²) >= 11 is 0. The third kappa shape index (κ3) is 3.89. The molecule has 128 valence electrons. The van der Waals surface area contributed by atoms with E-state index in [9.17, 15) is 0 Å². The number of rotatable bonds is 11. The Kier molecular flexibility index (Phi) is 6.82. The highest BCUT2D eigenvalue weighted by atomic mass is 28.4. The molecular formula is C15H30N2O4Si. The summed E-state index contributed by atoms with van der Waals surface area (Å²) in [5.41, 5.74) is 0.199. The third-order valence-electron chi connectivity index (χ3n) is 4.18. The van der Waals surface area contributed by atoms with Crippen molar-refractivity contribution in [3.8, 4) is 0 Å². The molecule has 0 saturated carbocycles. The average molecular weight is 331 g/mol. The molecule has 2 rings (SSSR count). The molecule has 2 aliphatic heterocycles. The summed E-state index contributed by atoms with van der Waals surface area (Å²) in [5, 5.41) is 0. The van der Waals surface area contributed by atoms with E-state index in [2.05, 4.69) is 16.8 Å². The summed E-state index contributed by atoms with van der Waals surface area (Å²) in [6, 6.07) is 0.229. The van der Waals surface area contributed by atoms with Crippen LogP contribution in [0.5, 0.6) is 0 Å². The third-order valence-corrected chi connectivity index (χ3v) is 7.91. The van der Waals surface area contributed by atoms with Crippen LogP contribution < -0.4 is 0 Å². The molecule has 0 spiro atoms. The van der Waals surface area contributed by atoms with Crippen LogP contribution in [0.25, 0.3) is 0 Å². The molecule has 3 atom stereocenters. The van der Waals surface area contributed by atoms with Gasteiger partial charge < -0.3 is 22.9 Å². The first-order valence-electron chi connectivity index (χ1n) is 8.51. The Labute approximate surface area is 135 Å². The molecule has 0 aromatic rings. The van der Waals surface area contributed by atoms with Gasteiger partial charge in [-0.15, -0.1) is 0 Å². The molecule has 22 heavy (non-hydrogen) atoms. The second kappa shape index (κ2) is 8.40. The van der Waals surface area contributed by atoms with Gasteiger partial charge >= 0.3 is 8.80 Å². The van der Waals surface area contributed by atoms with Crippen molar-refractivity contribution in [2.24, 2.45) is 4.99 Å². The van der Waals surface area contributed by atoms with Gasteiger partial charge in [0, 0.05) is 26.4 Å². The fourth-order valence-corrected chi connectivity index (χ4v) is 6.75. The SMILES string of the molecule is CCO[Si](OCC)(OCC)C(CC)C(C1CO1)N1C=NCC1. The Bertz CT molecular complexity index is 348. The second-order valence-electron chi connectivity index (χ2n) is 5.54. The van der Waals surface area contributed by atoms with E-state index in [-0.39, 0.29) is 17.7 Å². The molecule has 0 aromatic carbocycles. The minimum Gasteiger partial charge on any atom is -0.374 e. The van der Waals surface area contributed by atoms with E-state index in [1.807, 2.05) is 27.1 Å². The highest BCUT2D eigenvalue weighted by molar-refractivity contribution is 6.62. The van der Waals surface area contributed by atoms with Gasteiger partial charge in [0.15, 0.2) is 0 Å². The van der Waals surface area contributed by atoms with Gasteiger partial charge in [0.1, 0.15) is 6.10 Å². The molecular weight excluding hydrogens is 300 g/mol. The van der Waals surface area contributed by atoms with E-state index >= 15 is 0 Å². The summed E-state index contributed by atoms with van der Waals surface area (Å²) in [4.78, 5) is 6.67. The predicted octanol–water partition coefficient (Wildman–Crippen LogP) is 1.93. The molecule has 1 saturated heterocycles. The Morgan fingerprint density at radius 2 is 1.77 bits per heavy atom. The Morgan fingerprint density at radius 3 is 2.14 bits per heavy atom. The minimum atomic E-state index is -2.76. The zero-order chi connectivity index (χ0) is 16.0. The van der Waals surface area contributed by atoms with Gasteiger partial charge in [0.05, 0.1) is 31.1 Å². The maximum Gasteiger partial charge on any atom is 0.506 e. The molecule has 2 aliphatic rings. The van der Waals surface area contributed by atoms with Gasteiger partial charge in [-0.05, 0) is 27.2 Å². The first-order chi connectivity index (χ1) is 10.7. The molecule has 0 aliphatic carbocycles. The standard InChI is InChI=1S/C15H30N2O4Si/c1-5-14(22(19-6-2,20-7-3)21-8-4)15(13-11-18-13)17-10-9-16-12-17/h12-15H,5-11H2,1-4H3.